The van der Waals surface area contributed by atoms with Crippen LogP contribution in [0.15, 0.2) is 0 Å². The fraction of sp³-hybridized carbons (Fsp3) is 1.00. The van der Waals surface area contributed by atoms with Crippen molar-refractivity contribution in [2.75, 3.05) is 19.3 Å². The van der Waals surface area contributed by atoms with E-state index in [9.17, 15) is 0 Å². The van der Waals surface area contributed by atoms with E-state index in [0.717, 1.165) is 13.1 Å². The van der Waals surface area contributed by atoms with E-state index in [1.807, 2.05) is 0 Å². The van der Waals surface area contributed by atoms with Crippen LogP contribution < -0.4 is 10.0 Å². The third-order valence-corrected chi connectivity index (χ3v) is 2.75. The number of unbranched alkanes of at least 4 members (excludes halogenated alkanes) is 4. The van der Waals surface area contributed by atoms with Crippen LogP contribution >= 0.6 is 11.9 Å². The van der Waals surface area contributed by atoms with Crippen molar-refractivity contribution in [2.45, 2.75) is 58.4 Å². The lowest BCUT2D eigenvalue weighted by Gasteiger charge is -2.20. The summed E-state index contributed by atoms with van der Waals surface area (Å²) >= 11 is 1.72. The Labute approximate surface area is 100 Å². The number of hydrogen-bond donors (Lipinski definition) is 2. The number of nitrogens with one attached hydrogen (secondary N) is 2. The zero-order chi connectivity index (χ0) is 11.6. The molecule has 0 saturated heterocycles. The van der Waals surface area contributed by atoms with Crippen LogP contribution in [0.1, 0.15) is 52.9 Å². The van der Waals surface area contributed by atoms with E-state index in [4.69, 9.17) is 0 Å². The lowest BCUT2D eigenvalue weighted by Crippen LogP contribution is -2.36. The van der Waals surface area contributed by atoms with Gasteiger partial charge in [-0.05, 0) is 46.4 Å². The van der Waals surface area contributed by atoms with Gasteiger partial charge in [-0.15, -0.1) is 0 Å². The van der Waals surface area contributed by atoms with E-state index in [0.29, 0.717) is 0 Å². The standard InChI is InChI=1S/C12H28N2S/c1-12(2,3)13-10-8-6-5-7-9-11-14-15-4/h13-14H,5-11H2,1-4H3. The van der Waals surface area contributed by atoms with E-state index in [1.54, 1.807) is 11.9 Å². The third kappa shape index (κ3) is 14.3. The first-order valence-electron chi connectivity index (χ1n) is 6.07. The summed E-state index contributed by atoms with van der Waals surface area (Å²) in [6.07, 6.45) is 8.81. The molecular formula is C12H28N2S. The topological polar surface area (TPSA) is 24.1 Å². The average Bonchev–Trinajstić information content (AvgIpc) is 2.14. The fourth-order valence-corrected chi connectivity index (χ4v) is 1.77. The summed E-state index contributed by atoms with van der Waals surface area (Å²) in [5, 5.41) is 3.52. The van der Waals surface area contributed by atoms with Crippen LogP contribution in [0.3, 0.4) is 0 Å². The minimum Gasteiger partial charge on any atom is -0.312 e. The quantitative estimate of drug-likeness (QED) is 0.471. The molecule has 0 rings (SSSR count). The summed E-state index contributed by atoms with van der Waals surface area (Å²) < 4.78 is 3.27. The first kappa shape index (κ1) is 15.3. The Bertz CT molecular complexity index is 132. The van der Waals surface area contributed by atoms with Gasteiger partial charge in [0.1, 0.15) is 0 Å². The van der Waals surface area contributed by atoms with Crippen molar-refractivity contribution < 1.29 is 0 Å². The normalized spacial score (nSPS) is 12.0. The van der Waals surface area contributed by atoms with Crippen molar-refractivity contribution in [1.29, 1.82) is 0 Å². The van der Waals surface area contributed by atoms with E-state index >= 15 is 0 Å². The molecule has 0 heterocycles. The van der Waals surface area contributed by atoms with Gasteiger partial charge in [0.2, 0.25) is 0 Å². The molecule has 0 bridgehead atoms. The van der Waals surface area contributed by atoms with E-state index < -0.39 is 0 Å². The largest absolute Gasteiger partial charge is 0.312 e. The monoisotopic (exact) mass is 232 g/mol. The van der Waals surface area contributed by atoms with Gasteiger partial charge in [0.05, 0.1) is 0 Å². The van der Waals surface area contributed by atoms with Crippen LogP contribution in [0.2, 0.25) is 0 Å². The summed E-state index contributed by atoms with van der Waals surface area (Å²) in [5.74, 6) is 0. The second-order valence-corrected chi connectivity index (χ2v) is 5.74. The Balaban J connectivity index is 2.99. The van der Waals surface area contributed by atoms with Crippen molar-refractivity contribution in [3.63, 3.8) is 0 Å². The molecule has 0 aromatic carbocycles. The van der Waals surface area contributed by atoms with Gasteiger partial charge < -0.3 is 5.32 Å². The molecule has 2 nitrogen and oxygen atoms in total. The molecule has 15 heavy (non-hydrogen) atoms. The summed E-state index contributed by atoms with van der Waals surface area (Å²) in [6, 6.07) is 0. The molecule has 0 fully saturated rings. The molecule has 0 amide bonds. The Morgan fingerprint density at radius 2 is 1.40 bits per heavy atom. The van der Waals surface area contributed by atoms with Crippen molar-refractivity contribution >= 4 is 11.9 Å². The molecule has 0 saturated carbocycles. The van der Waals surface area contributed by atoms with Crippen LogP contribution in [-0.4, -0.2) is 24.9 Å². The molecule has 0 aliphatic rings. The lowest BCUT2D eigenvalue weighted by atomic mass is 10.1. The van der Waals surface area contributed by atoms with Gasteiger partial charge >= 0.3 is 0 Å². The summed E-state index contributed by atoms with van der Waals surface area (Å²) in [4.78, 5) is 0. The molecule has 0 atom stereocenters. The summed E-state index contributed by atoms with van der Waals surface area (Å²) in [6.45, 7) is 8.98. The van der Waals surface area contributed by atoms with Gasteiger partial charge in [-0.2, -0.15) is 0 Å². The van der Waals surface area contributed by atoms with Crippen LogP contribution in [0.4, 0.5) is 0 Å². The Morgan fingerprint density at radius 1 is 0.867 bits per heavy atom. The minimum atomic E-state index is 0.280. The van der Waals surface area contributed by atoms with E-state index in [1.165, 1.54) is 32.1 Å². The second kappa shape index (κ2) is 9.49. The first-order chi connectivity index (χ1) is 7.06. The molecular weight excluding hydrogens is 204 g/mol. The lowest BCUT2D eigenvalue weighted by molar-refractivity contribution is 0.415. The van der Waals surface area contributed by atoms with Gasteiger partial charge in [-0.1, -0.05) is 31.2 Å². The highest BCUT2D eigenvalue weighted by molar-refractivity contribution is 7.96. The minimum absolute atomic E-state index is 0.280. The maximum atomic E-state index is 3.52. The molecule has 2 N–H and O–H groups in total. The van der Waals surface area contributed by atoms with Crippen molar-refractivity contribution in [1.82, 2.24) is 10.0 Å². The summed E-state index contributed by atoms with van der Waals surface area (Å²) in [7, 11) is 0. The second-order valence-electron chi connectivity index (χ2n) is 5.04. The predicted molar refractivity (Wildman–Crippen MR) is 72.4 cm³/mol. The van der Waals surface area contributed by atoms with Gasteiger partial charge in [-0.25, -0.2) is 0 Å². The van der Waals surface area contributed by atoms with Gasteiger partial charge in [0, 0.05) is 12.1 Å². The molecule has 0 aliphatic heterocycles. The molecule has 92 valence electrons. The molecule has 0 radical (unpaired) electrons. The Kier molecular flexibility index (Phi) is 9.66. The van der Waals surface area contributed by atoms with Gasteiger partial charge in [0.25, 0.3) is 0 Å². The van der Waals surface area contributed by atoms with Crippen molar-refractivity contribution in [3.8, 4) is 0 Å². The number of hydrogen-bond acceptors (Lipinski definition) is 3. The van der Waals surface area contributed by atoms with Crippen molar-refractivity contribution in [2.24, 2.45) is 0 Å². The van der Waals surface area contributed by atoms with Crippen molar-refractivity contribution in [3.05, 3.63) is 0 Å². The van der Waals surface area contributed by atoms with Gasteiger partial charge in [-0.3, -0.25) is 4.72 Å². The highest BCUT2D eigenvalue weighted by Crippen LogP contribution is 2.04. The highest BCUT2D eigenvalue weighted by atomic mass is 32.2. The Morgan fingerprint density at radius 3 is 1.93 bits per heavy atom. The predicted octanol–water partition coefficient (Wildman–Crippen LogP) is 3.19. The SMILES string of the molecule is CSNCCCCCCCNC(C)(C)C. The maximum absolute atomic E-state index is 3.52. The average molecular weight is 232 g/mol. The molecule has 0 spiro atoms. The Hall–Kier alpha value is 0.270. The van der Waals surface area contributed by atoms with E-state index in [-0.39, 0.29) is 5.54 Å². The molecule has 0 aliphatic carbocycles. The zero-order valence-corrected chi connectivity index (χ0v) is 11.7. The fourth-order valence-electron chi connectivity index (χ4n) is 1.42. The van der Waals surface area contributed by atoms with Gasteiger partial charge in [0.15, 0.2) is 0 Å². The maximum Gasteiger partial charge on any atom is 0.00965 e. The molecule has 0 aromatic heterocycles. The van der Waals surface area contributed by atoms with Crippen LogP contribution in [-0.2, 0) is 0 Å². The first-order valence-corrected chi connectivity index (χ1v) is 7.29. The zero-order valence-electron chi connectivity index (χ0n) is 10.9. The van der Waals surface area contributed by atoms with E-state index in [2.05, 4.69) is 37.1 Å². The third-order valence-electron chi connectivity index (χ3n) is 2.26. The molecule has 0 unspecified atom stereocenters. The smallest absolute Gasteiger partial charge is 0.00965 e. The molecule has 0 aromatic rings. The van der Waals surface area contributed by atoms with Crippen LogP contribution in [0.25, 0.3) is 0 Å². The number of rotatable bonds is 9. The summed E-state index contributed by atoms with van der Waals surface area (Å²) in [5.41, 5.74) is 0.280. The molecule has 3 heteroatoms. The highest BCUT2D eigenvalue weighted by Gasteiger charge is 2.06. The van der Waals surface area contributed by atoms with Crippen LogP contribution in [0, 0.1) is 0 Å². The van der Waals surface area contributed by atoms with Crippen LogP contribution in [0.5, 0.6) is 0 Å².